The highest BCUT2D eigenvalue weighted by Crippen LogP contribution is 2.15. The summed E-state index contributed by atoms with van der Waals surface area (Å²) in [6.07, 6.45) is 5.62. The molecule has 1 amide bonds. The number of unbranched alkanes of at least 4 members (excludes halogenated alkanes) is 3. The summed E-state index contributed by atoms with van der Waals surface area (Å²) in [5.74, 6) is 6.02. The Kier molecular flexibility index (Phi) is 8.77. The predicted molar refractivity (Wildman–Crippen MR) is 83.5 cm³/mol. The van der Waals surface area contributed by atoms with Crippen molar-refractivity contribution >= 4 is 17.2 Å². The van der Waals surface area contributed by atoms with Crippen LogP contribution in [0.3, 0.4) is 0 Å². The second-order valence-corrected chi connectivity index (χ2v) is 5.80. The molecule has 1 aromatic rings. The van der Waals surface area contributed by atoms with Crippen molar-refractivity contribution in [2.24, 2.45) is 0 Å². The first-order chi connectivity index (χ1) is 9.76. The van der Waals surface area contributed by atoms with Crippen LogP contribution in [0.1, 0.15) is 55.2 Å². The first kappa shape index (κ1) is 16.7. The van der Waals surface area contributed by atoms with E-state index in [2.05, 4.69) is 24.1 Å². The number of hydrogen-bond acceptors (Lipinski definition) is 3. The van der Waals surface area contributed by atoms with Gasteiger partial charge in [-0.1, -0.05) is 38.0 Å². The minimum absolute atomic E-state index is 0.0965. The van der Waals surface area contributed by atoms with Gasteiger partial charge >= 0.3 is 0 Å². The summed E-state index contributed by atoms with van der Waals surface area (Å²) in [5, 5.41) is 11.6. The van der Waals surface area contributed by atoms with E-state index in [-0.39, 0.29) is 12.5 Å². The number of aliphatic hydroxyl groups is 1. The van der Waals surface area contributed by atoms with Gasteiger partial charge in [-0.2, -0.15) is 0 Å². The van der Waals surface area contributed by atoms with Crippen molar-refractivity contribution in [3.05, 3.63) is 21.9 Å². The van der Waals surface area contributed by atoms with Crippen molar-refractivity contribution in [2.75, 3.05) is 6.61 Å². The third-order valence-electron chi connectivity index (χ3n) is 2.83. The maximum absolute atomic E-state index is 11.6. The molecule has 0 saturated carbocycles. The van der Waals surface area contributed by atoms with Crippen LogP contribution in [0.25, 0.3) is 0 Å². The molecule has 20 heavy (non-hydrogen) atoms. The molecule has 1 aromatic heterocycles. The second kappa shape index (κ2) is 10.5. The summed E-state index contributed by atoms with van der Waals surface area (Å²) in [7, 11) is 0. The molecule has 0 aromatic carbocycles. The van der Waals surface area contributed by atoms with Crippen molar-refractivity contribution in [1.82, 2.24) is 5.32 Å². The van der Waals surface area contributed by atoms with Crippen LogP contribution < -0.4 is 5.32 Å². The topological polar surface area (TPSA) is 49.3 Å². The zero-order valence-electron chi connectivity index (χ0n) is 12.1. The maximum atomic E-state index is 11.6. The summed E-state index contributed by atoms with van der Waals surface area (Å²) >= 11 is 1.59. The minimum atomic E-state index is 0.0965. The third-order valence-corrected chi connectivity index (χ3v) is 3.83. The van der Waals surface area contributed by atoms with Crippen LogP contribution in [0.2, 0.25) is 0 Å². The van der Waals surface area contributed by atoms with Gasteiger partial charge in [0, 0.05) is 17.7 Å². The summed E-state index contributed by atoms with van der Waals surface area (Å²) in [5.41, 5.74) is 0. The summed E-state index contributed by atoms with van der Waals surface area (Å²) in [6, 6.07) is 3.95. The molecule has 0 radical (unpaired) electrons. The number of amides is 1. The van der Waals surface area contributed by atoms with Gasteiger partial charge in [-0.15, -0.1) is 11.3 Å². The monoisotopic (exact) mass is 293 g/mol. The Morgan fingerprint density at radius 2 is 2.20 bits per heavy atom. The van der Waals surface area contributed by atoms with Gasteiger partial charge in [-0.25, -0.2) is 0 Å². The zero-order chi connectivity index (χ0) is 14.6. The van der Waals surface area contributed by atoms with Crippen LogP contribution in [0, 0.1) is 11.8 Å². The number of carbonyl (C=O) groups is 1. The SMILES string of the molecule is CCCCCCC(=O)NCc1ccc(C#CCCO)s1. The number of thiophene rings is 1. The van der Waals surface area contributed by atoms with Crippen molar-refractivity contribution in [3.63, 3.8) is 0 Å². The predicted octanol–water partition coefficient (Wildman–Crippen LogP) is 3.07. The van der Waals surface area contributed by atoms with Gasteiger partial charge in [0.2, 0.25) is 5.91 Å². The molecular weight excluding hydrogens is 270 g/mol. The molecule has 0 saturated heterocycles. The average Bonchev–Trinajstić information content (AvgIpc) is 2.90. The van der Waals surface area contributed by atoms with Crippen LogP contribution in [-0.2, 0) is 11.3 Å². The second-order valence-electron chi connectivity index (χ2n) is 4.63. The summed E-state index contributed by atoms with van der Waals surface area (Å²) in [4.78, 5) is 13.7. The van der Waals surface area contributed by atoms with Crippen molar-refractivity contribution in [1.29, 1.82) is 0 Å². The van der Waals surface area contributed by atoms with Crippen molar-refractivity contribution in [2.45, 2.75) is 52.0 Å². The Hall–Kier alpha value is -1.31. The maximum Gasteiger partial charge on any atom is 0.220 e. The lowest BCUT2D eigenvalue weighted by Crippen LogP contribution is -2.21. The van der Waals surface area contributed by atoms with Gasteiger partial charge in [-0.3, -0.25) is 4.79 Å². The lowest BCUT2D eigenvalue weighted by molar-refractivity contribution is -0.121. The molecule has 110 valence electrons. The standard InChI is InChI=1S/C16H23NO2S/c1-2-3-4-5-9-16(19)17-13-15-11-10-14(20-15)8-6-7-12-18/h10-11,18H,2-5,7,9,12-13H2,1H3,(H,17,19). The molecule has 0 aliphatic heterocycles. The largest absolute Gasteiger partial charge is 0.395 e. The third kappa shape index (κ3) is 7.32. The van der Waals surface area contributed by atoms with Crippen molar-refractivity contribution in [3.8, 4) is 11.8 Å². The Balaban J connectivity index is 2.25. The lowest BCUT2D eigenvalue weighted by atomic mass is 10.1. The summed E-state index contributed by atoms with van der Waals surface area (Å²) in [6.45, 7) is 2.84. The van der Waals surface area contributed by atoms with E-state index in [9.17, 15) is 4.79 Å². The fourth-order valence-electron chi connectivity index (χ4n) is 1.73. The number of aliphatic hydroxyl groups excluding tert-OH is 1. The Labute approximate surface area is 125 Å². The Morgan fingerprint density at radius 1 is 1.35 bits per heavy atom. The molecule has 0 unspecified atom stereocenters. The molecule has 0 bridgehead atoms. The molecule has 0 spiro atoms. The fourth-order valence-corrected chi connectivity index (χ4v) is 2.55. The van der Waals surface area contributed by atoms with Gasteiger partial charge < -0.3 is 10.4 Å². The molecular formula is C16H23NO2S. The zero-order valence-corrected chi connectivity index (χ0v) is 12.9. The van der Waals surface area contributed by atoms with E-state index in [0.29, 0.717) is 19.4 Å². The molecule has 0 atom stereocenters. The number of hydrogen-bond donors (Lipinski definition) is 2. The van der Waals surface area contributed by atoms with E-state index in [0.717, 1.165) is 22.6 Å². The van der Waals surface area contributed by atoms with Gasteiger partial charge in [0.15, 0.2) is 0 Å². The number of nitrogens with one attached hydrogen (secondary N) is 1. The Bertz CT molecular complexity index is 457. The van der Waals surface area contributed by atoms with E-state index in [4.69, 9.17) is 5.11 Å². The lowest BCUT2D eigenvalue weighted by Gasteiger charge is -2.03. The molecule has 3 nitrogen and oxygen atoms in total. The smallest absolute Gasteiger partial charge is 0.220 e. The van der Waals surface area contributed by atoms with Crippen LogP contribution in [-0.4, -0.2) is 17.6 Å². The van der Waals surface area contributed by atoms with Gasteiger partial charge in [0.1, 0.15) is 0 Å². The van der Waals surface area contributed by atoms with Gasteiger partial charge in [0.25, 0.3) is 0 Å². The van der Waals surface area contributed by atoms with Crippen LogP contribution in [0.15, 0.2) is 12.1 Å². The molecule has 2 N–H and O–H groups in total. The van der Waals surface area contributed by atoms with E-state index in [1.54, 1.807) is 11.3 Å². The quantitative estimate of drug-likeness (QED) is 0.571. The normalized spacial score (nSPS) is 9.90. The molecule has 0 aliphatic rings. The molecule has 0 fully saturated rings. The molecule has 1 heterocycles. The van der Waals surface area contributed by atoms with Crippen molar-refractivity contribution < 1.29 is 9.90 Å². The van der Waals surface area contributed by atoms with Crippen LogP contribution in [0.5, 0.6) is 0 Å². The first-order valence-electron chi connectivity index (χ1n) is 7.21. The van der Waals surface area contributed by atoms with Gasteiger partial charge in [-0.05, 0) is 18.6 Å². The van der Waals surface area contributed by atoms with Crippen LogP contribution >= 0.6 is 11.3 Å². The highest BCUT2D eigenvalue weighted by molar-refractivity contribution is 7.12. The summed E-state index contributed by atoms with van der Waals surface area (Å²) < 4.78 is 0. The van der Waals surface area contributed by atoms with E-state index >= 15 is 0 Å². The van der Waals surface area contributed by atoms with E-state index in [1.807, 2.05) is 12.1 Å². The molecule has 4 heteroatoms. The van der Waals surface area contributed by atoms with Crippen LogP contribution in [0.4, 0.5) is 0 Å². The average molecular weight is 293 g/mol. The highest BCUT2D eigenvalue weighted by Gasteiger charge is 2.02. The number of carbonyl (C=O) groups excluding carboxylic acids is 1. The molecule has 1 rings (SSSR count). The molecule has 0 aliphatic carbocycles. The first-order valence-corrected chi connectivity index (χ1v) is 8.03. The van der Waals surface area contributed by atoms with E-state index in [1.165, 1.54) is 12.8 Å². The van der Waals surface area contributed by atoms with Gasteiger partial charge in [0.05, 0.1) is 18.0 Å². The highest BCUT2D eigenvalue weighted by atomic mass is 32.1. The number of rotatable bonds is 8. The van der Waals surface area contributed by atoms with E-state index < -0.39 is 0 Å². The minimum Gasteiger partial charge on any atom is -0.395 e. The fraction of sp³-hybridized carbons (Fsp3) is 0.562. The Morgan fingerprint density at radius 3 is 2.95 bits per heavy atom.